The van der Waals surface area contributed by atoms with Crippen LogP contribution in [0.5, 0.6) is 5.75 Å². The molecule has 0 spiro atoms. The molecule has 0 bridgehead atoms. The first-order valence-electron chi connectivity index (χ1n) is 8.90. The number of ether oxygens (including phenoxy) is 1. The molecule has 1 amide bonds. The Balaban J connectivity index is 1.70. The fourth-order valence-electron chi connectivity index (χ4n) is 2.81. The minimum atomic E-state index is -3.96. The van der Waals surface area contributed by atoms with Crippen molar-refractivity contribution in [1.82, 2.24) is 9.71 Å². The zero-order chi connectivity index (χ0) is 21.0. The van der Waals surface area contributed by atoms with Crippen molar-refractivity contribution in [2.75, 3.05) is 0 Å². The molecule has 1 aromatic heterocycles. The van der Waals surface area contributed by atoms with Gasteiger partial charge < -0.3 is 4.74 Å². The van der Waals surface area contributed by atoms with Crippen molar-refractivity contribution in [3.8, 4) is 5.75 Å². The lowest BCUT2D eigenvalue weighted by molar-refractivity contribution is -0.125. The van der Waals surface area contributed by atoms with E-state index in [1.807, 2.05) is 16.9 Å². The van der Waals surface area contributed by atoms with Crippen molar-refractivity contribution < 1.29 is 22.7 Å². The Hall–Kier alpha value is -3.26. The van der Waals surface area contributed by atoms with Crippen molar-refractivity contribution in [3.05, 3.63) is 71.9 Å². The standard InChI is InChI=1S/C21H20N2O5S/c1-14(24)17-7-4-10-19(12-17)28-15(2)21(25)23-29(26,27)13-18-8-3-6-16-9-5-11-22-20(16)18/h3-12,15H,13H2,1-2H3,(H,23,25)/t15-/m1/s1. The Kier molecular flexibility index (Phi) is 5.93. The largest absolute Gasteiger partial charge is 0.481 e. The maximum absolute atomic E-state index is 12.5. The molecule has 7 nitrogen and oxygen atoms in total. The van der Waals surface area contributed by atoms with Crippen LogP contribution < -0.4 is 9.46 Å². The Bertz CT molecular complexity index is 1170. The number of hydrogen-bond acceptors (Lipinski definition) is 6. The molecule has 2 aromatic carbocycles. The van der Waals surface area contributed by atoms with Crippen LogP contribution in [0.2, 0.25) is 0 Å². The number of ketones is 1. The number of amides is 1. The molecule has 1 atom stereocenters. The quantitative estimate of drug-likeness (QED) is 0.599. The van der Waals surface area contributed by atoms with Crippen molar-refractivity contribution in [3.63, 3.8) is 0 Å². The number of carbonyl (C=O) groups is 2. The number of rotatable bonds is 7. The van der Waals surface area contributed by atoms with E-state index in [1.165, 1.54) is 19.9 Å². The van der Waals surface area contributed by atoms with Crippen molar-refractivity contribution >= 4 is 32.6 Å². The van der Waals surface area contributed by atoms with E-state index in [-0.39, 0.29) is 11.5 Å². The molecule has 0 fully saturated rings. The smallest absolute Gasteiger partial charge is 0.274 e. The number of fused-ring (bicyclic) bond motifs is 1. The lowest BCUT2D eigenvalue weighted by Gasteiger charge is -2.15. The van der Waals surface area contributed by atoms with Crippen LogP contribution in [0.15, 0.2) is 60.8 Å². The molecule has 0 aliphatic rings. The van der Waals surface area contributed by atoms with E-state index in [9.17, 15) is 18.0 Å². The van der Waals surface area contributed by atoms with Crippen LogP contribution in [0.25, 0.3) is 10.9 Å². The summed E-state index contributed by atoms with van der Waals surface area (Å²) in [6, 6.07) is 15.2. The molecule has 1 heterocycles. The van der Waals surface area contributed by atoms with E-state index in [0.717, 1.165) is 5.39 Å². The molecule has 0 unspecified atom stereocenters. The third-order valence-corrected chi connectivity index (χ3v) is 5.44. The monoisotopic (exact) mass is 412 g/mol. The molecule has 0 radical (unpaired) electrons. The molecule has 29 heavy (non-hydrogen) atoms. The van der Waals surface area contributed by atoms with E-state index in [2.05, 4.69) is 4.98 Å². The van der Waals surface area contributed by atoms with Crippen molar-refractivity contribution in [2.45, 2.75) is 25.7 Å². The highest BCUT2D eigenvalue weighted by atomic mass is 32.2. The van der Waals surface area contributed by atoms with Crippen LogP contribution in [0.1, 0.15) is 29.8 Å². The van der Waals surface area contributed by atoms with Gasteiger partial charge in [0.05, 0.1) is 11.3 Å². The molecule has 3 rings (SSSR count). The number of hydrogen-bond donors (Lipinski definition) is 1. The zero-order valence-corrected chi connectivity index (χ0v) is 16.8. The highest BCUT2D eigenvalue weighted by Gasteiger charge is 2.22. The predicted molar refractivity (Wildman–Crippen MR) is 109 cm³/mol. The normalized spacial score (nSPS) is 12.3. The summed E-state index contributed by atoms with van der Waals surface area (Å²) in [6.45, 7) is 2.86. The number of carbonyl (C=O) groups excluding carboxylic acids is 2. The average molecular weight is 412 g/mol. The van der Waals surface area contributed by atoms with Gasteiger partial charge in [-0.2, -0.15) is 0 Å². The number of aromatic nitrogens is 1. The lowest BCUT2D eigenvalue weighted by atomic mass is 10.1. The summed E-state index contributed by atoms with van der Waals surface area (Å²) in [7, 11) is -3.96. The average Bonchev–Trinajstić information content (AvgIpc) is 2.68. The third kappa shape index (κ3) is 5.17. The van der Waals surface area contributed by atoms with Gasteiger partial charge in [0.15, 0.2) is 11.9 Å². The Morgan fingerprint density at radius 2 is 1.83 bits per heavy atom. The van der Waals surface area contributed by atoms with Gasteiger partial charge in [-0.1, -0.05) is 36.4 Å². The van der Waals surface area contributed by atoms with Crippen LogP contribution in [-0.2, 0) is 20.6 Å². The van der Waals surface area contributed by atoms with E-state index in [4.69, 9.17) is 4.74 Å². The second kappa shape index (κ2) is 8.40. The number of sulfonamides is 1. The summed E-state index contributed by atoms with van der Waals surface area (Å²) in [6.07, 6.45) is 0.514. The molecule has 1 N–H and O–H groups in total. The maximum atomic E-state index is 12.5. The molecule has 3 aromatic rings. The van der Waals surface area contributed by atoms with Crippen molar-refractivity contribution in [1.29, 1.82) is 0 Å². The topological polar surface area (TPSA) is 102 Å². The van der Waals surface area contributed by atoms with Crippen LogP contribution in [-0.4, -0.2) is 31.2 Å². The van der Waals surface area contributed by atoms with Crippen LogP contribution in [0.3, 0.4) is 0 Å². The van der Waals surface area contributed by atoms with Gasteiger partial charge in [0, 0.05) is 17.1 Å². The minimum absolute atomic E-state index is 0.140. The molecule has 150 valence electrons. The number of pyridine rings is 1. The lowest BCUT2D eigenvalue weighted by Crippen LogP contribution is -2.40. The summed E-state index contributed by atoms with van der Waals surface area (Å²) in [5, 5.41) is 0.814. The van der Waals surface area contributed by atoms with Gasteiger partial charge in [-0.15, -0.1) is 0 Å². The van der Waals surface area contributed by atoms with Crippen LogP contribution in [0.4, 0.5) is 0 Å². The number of nitrogens with zero attached hydrogens (tertiary/aromatic N) is 1. The number of para-hydroxylation sites is 1. The van der Waals surface area contributed by atoms with Crippen LogP contribution in [0, 0.1) is 0 Å². The van der Waals surface area contributed by atoms with E-state index >= 15 is 0 Å². The second-order valence-electron chi connectivity index (χ2n) is 6.56. The Morgan fingerprint density at radius 1 is 1.10 bits per heavy atom. The first-order valence-corrected chi connectivity index (χ1v) is 10.5. The maximum Gasteiger partial charge on any atom is 0.274 e. The summed E-state index contributed by atoms with van der Waals surface area (Å²) >= 11 is 0. The Morgan fingerprint density at radius 3 is 2.59 bits per heavy atom. The molecule has 0 aliphatic carbocycles. The summed E-state index contributed by atoms with van der Waals surface area (Å²) in [5.41, 5.74) is 1.50. The van der Waals surface area contributed by atoms with Gasteiger partial charge in [0.25, 0.3) is 5.91 Å². The molecular formula is C21H20N2O5S. The van der Waals surface area contributed by atoms with Gasteiger partial charge >= 0.3 is 0 Å². The minimum Gasteiger partial charge on any atom is -0.481 e. The summed E-state index contributed by atoms with van der Waals surface area (Å²) < 4.78 is 32.5. The van der Waals surface area contributed by atoms with Crippen molar-refractivity contribution in [2.24, 2.45) is 0 Å². The van der Waals surface area contributed by atoms with Crippen LogP contribution >= 0.6 is 0 Å². The van der Waals surface area contributed by atoms with Gasteiger partial charge in [0.1, 0.15) is 5.75 Å². The molecule has 8 heteroatoms. The molecule has 0 aliphatic heterocycles. The molecular weight excluding hydrogens is 392 g/mol. The number of benzene rings is 2. The van der Waals surface area contributed by atoms with E-state index in [1.54, 1.807) is 42.6 Å². The molecule has 0 saturated heterocycles. The highest BCUT2D eigenvalue weighted by molar-refractivity contribution is 7.89. The first-order chi connectivity index (χ1) is 13.7. The SMILES string of the molecule is CC(=O)c1cccc(O[C@H](C)C(=O)NS(=O)(=O)Cc2cccc3cccnc23)c1. The van der Waals surface area contributed by atoms with Gasteiger partial charge in [-0.05, 0) is 37.6 Å². The van der Waals surface area contributed by atoms with Gasteiger partial charge in [0.2, 0.25) is 10.0 Å². The summed E-state index contributed by atoms with van der Waals surface area (Å²) in [4.78, 5) is 28.0. The van der Waals surface area contributed by atoms with E-state index < -0.39 is 22.0 Å². The Labute approximate surface area is 168 Å². The predicted octanol–water partition coefficient (Wildman–Crippen LogP) is 2.85. The molecule has 0 saturated carbocycles. The first kappa shape index (κ1) is 20.5. The van der Waals surface area contributed by atoms with Gasteiger partial charge in [-0.25, -0.2) is 13.1 Å². The summed E-state index contributed by atoms with van der Waals surface area (Å²) in [5.74, 6) is -1.03. The number of Topliss-reactive ketones (excluding diaryl/α,β-unsaturated/α-hetero) is 1. The highest BCUT2D eigenvalue weighted by Crippen LogP contribution is 2.18. The zero-order valence-electron chi connectivity index (χ0n) is 16.0. The van der Waals surface area contributed by atoms with E-state index in [0.29, 0.717) is 22.4 Å². The fourth-order valence-corrected chi connectivity index (χ4v) is 3.99. The third-order valence-electron chi connectivity index (χ3n) is 4.24. The second-order valence-corrected chi connectivity index (χ2v) is 8.28. The number of nitrogens with one attached hydrogen (secondary N) is 1. The van der Waals surface area contributed by atoms with Gasteiger partial charge in [-0.3, -0.25) is 14.6 Å². The fraction of sp³-hybridized carbons (Fsp3) is 0.190.